The molecular weight excluding hydrogens is 456 g/mol. The number of amides is 1. The Bertz CT molecular complexity index is 954. The Morgan fingerprint density at radius 1 is 1.06 bits per heavy atom. The van der Waals surface area contributed by atoms with Gasteiger partial charge < -0.3 is 24.2 Å². The van der Waals surface area contributed by atoms with Gasteiger partial charge in [0.15, 0.2) is 6.61 Å². The summed E-state index contributed by atoms with van der Waals surface area (Å²) in [5.41, 5.74) is 1.38. The molecule has 184 valence electrons. The number of nitrogens with zero attached hydrogens (tertiary/aromatic N) is 2. The van der Waals surface area contributed by atoms with Crippen LogP contribution in [0, 0.1) is 6.92 Å². The Morgan fingerprint density at radius 2 is 1.76 bits per heavy atom. The minimum absolute atomic E-state index is 0.0122. The molecule has 0 atom stereocenters. The van der Waals surface area contributed by atoms with Gasteiger partial charge >= 0.3 is 0 Å². The molecule has 2 heterocycles. The molecule has 2 fully saturated rings. The second kappa shape index (κ2) is 11.4. The summed E-state index contributed by atoms with van der Waals surface area (Å²) >= 11 is 6.21. The number of hydrogen-bond donors (Lipinski definition) is 1. The van der Waals surface area contributed by atoms with Gasteiger partial charge in [-0.2, -0.15) is 0 Å². The SMILES string of the molecule is Cc1ccc(Cl)c(OCC2(O)CCN(Cc3ccc(OCC(=O)N4CCOCC4)cc3)CC2)c1. The second-order valence-electron chi connectivity index (χ2n) is 9.15. The zero-order valence-corrected chi connectivity index (χ0v) is 20.4. The van der Waals surface area contributed by atoms with Crippen molar-refractivity contribution < 1.29 is 24.1 Å². The van der Waals surface area contributed by atoms with E-state index < -0.39 is 5.60 Å². The maximum Gasteiger partial charge on any atom is 0.260 e. The van der Waals surface area contributed by atoms with E-state index in [0.29, 0.717) is 55.7 Å². The fourth-order valence-corrected chi connectivity index (χ4v) is 4.38. The molecule has 0 unspecified atom stereocenters. The van der Waals surface area contributed by atoms with Crippen LogP contribution in [0.4, 0.5) is 0 Å². The average molecular weight is 489 g/mol. The molecule has 8 heteroatoms. The van der Waals surface area contributed by atoms with Gasteiger partial charge in [-0.05, 0) is 55.2 Å². The van der Waals surface area contributed by atoms with E-state index in [0.717, 1.165) is 25.2 Å². The topological polar surface area (TPSA) is 71.5 Å². The first kappa shape index (κ1) is 24.8. The summed E-state index contributed by atoms with van der Waals surface area (Å²) in [7, 11) is 0. The lowest BCUT2D eigenvalue weighted by Gasteiger charge is -2.38. The van der Waals surface area contributed by atoms with Crippen LogP contribution in [0.5, 0.6) is 11.5 Å². The first-order valence-electron chi connectivity index (χ1n) is 11.8. The number of carbonyl (C=O) groups is 1. The highest BCUT2D eigenvalue weighted by molar-refractivity contribution is 6.32. The van der Waals surface area contributed by atoms with Gasteiger partial charge in [0.25, 0.3) is 5.91 Å². The van der Waals surface area contributed by atoms with Crippen molar-refractivity contribution in [2.24, 2.45) is 0 Å². The molecule has 7 nitrogen and oxygen atoms in total. The van der Waals surface area contributed by atoms with Crippen LogP contribution < -0.4 is 9.47 Å². The molecule has 4 rings (SSSR count). The molecule has 34 heavy (non-hydrogen) atoms. The summed E-state index contributed by atoms with van der Waals surface area (Å²) in [6.45, 7) is 7.05. The van der Waals surface area contributed by atoms with Crippen LogP contribution in [0.15, 0.2) is 42.5 Å². The number of ether oxygens (including phenoxy) is 3. The number of benzene rings is 2. The minimum atomic E-state index is -0.853. The highest BCUT2D eigenvalue weighted by Crippen LogP contribution is 2.29. The summed E-state index contributed by atoms with van der Waals surface area (Å²) in [6, 6.07) is 13.5. The Labute approximate surface area is 206 Å². The largest absolute Gasteiger partial charge is 0.489 e. The molecule has 2 aliphatic heterocycles. The maximum atomic E-state index is 12.2. The summed E-state index contributed by atoms with van der Waals surface area (Å²) < 4.78 is 16.8. The molecule has 1 amide bonds. The summed E-state index contributed by atoms with van der Waals surface area (Å²) in [5.74, 6) is 1.29. The fraction of sp³-hybridized carbons (Fsp3) is 0.500. The van der Waals surface area contributed by atoms with Gasteiger partial charge in [-0.25, -0.2) is 0 Å². The molecule has 0 aromatic heterocycles. The third-order valence-electron chi connectivity index (χ3n) is 6.43. The lowest BCUT2D eigenvalue weighted by Crippen LogP contribution is -2.47. The number of aliphatic hydroxyl groups is 1. The number of hydrogen-bond acceptors (Lipinski definition) is 6. The van der Waals surface area contributed by atoms with Gasteiger partial charge in [-0.15, -0.1) is 0 Å². The fourth-order valence-electron chi connectivity index (χ4n) is 4.20. The smallest absolute Gasteiger partial charge is 0.260 e. The third kappa shape index (κ3) is 6.85. The van der Waals surface area contributed by atoms with Crippen molar-refractivity contribution in [2.45, 2.75) is 31.9 Å². The molecule has 1 N–H and O–H groups in total. The number of likely N-dealkylation sites (tertiary alicyclic amines) is 1. The molecule has 2 saturated heterocycles. The summed E-state index contributed by atoms with van der Waals surface area (Å²) in [4.78, 5) is 16.3. The van der Waals surface area contributed by atoms with Gasteiger partial charge in [0.1, 0.15) is 23.7 Å². The number of morpholine rings is 1. The summed E-state index contributed by atoms with van der Waals surface area (Å²) in [6.07, 6.45) is 1.28. The van der Waals surface area contributed by atoms with E-state index in [-0.39, 0.29) is 19.1 Å². The van der Waals surface area contributed by atoms with E-state index in [2.05, 4.69) is 4.90 Å². The standard InChI is InChI=1S/C26H33ClN2O5/c1-20-2-7-23(27)24(16-20)34-19-26(31)8-10-28(11-9-26)17-21-3-5-22(6-4-21)33-18-25(30)29-12-14-32-15-13-29/h2-7,16,31H,8-15,17-19H2,1H3. The van der Waals surface area contributed by atoms with Crippen LogP contribution in [0.1, 0.15) is 24.0 Å². The molecular formula is C26H33ClN2O5. The van der Waals surface area contributed by atoms with E-state index >= 15 is 0 Å². The summed E-state index contributed by atoms with van der Waals surface area (Å²) in [5, 5.41) is 11.5. The normalized spacial score (nSPS) is 18.5. The van der Waals surface area contributed by atoms with Crippen molar-refractivity contribution in [1.29, 1.82) is 0 Å². The highest BCUT2D eigenvalue weighted by atomic mass is 35.5. The van der Waals surface area contributed by atoms with Crippen LogP contribution in [-0.2, 0) is 16.1 Å². The van der Waals surface area contributed by atoms with Crippen molar-refractivity contribution >= 4 is 17.5 Å². The molecule has 2 aromatic rings. The van der Waals surface area contributed by atoms with Crippen LogP contribution in [-0.4, -0.2) is 79.0 Å². The van der Waals surface area contributed by atoms with Crippen molar-refractivity contribution in [3.05, 3.63) is 58.6 Å². The van der Waals surface area contributed by atoms with Crippen molar-refractivity contribution in [3.8, 4) is 11.5 Å². The second-order valence-corrected chi connectivity index (χ2v) is 9.56. The molecule has 0 saturated carbocycles. The van der Waals surface area contributed by atoms with E-state index in [1.54, 1.807) is 4.90 Å². The number of aryl methyl sites for hydroxylation is 1. The molecule has 0 bridgehead atoms. The Kier molecular flexibility index (Phi) is 8.32. The van der Waals surface area contributed by atoms with Crippen molar-refractivity contribution in [1.82, 2.24) is 9.80 Å². The van der Waals surface area contributed by atoms with Crippen LogP contribution in [0.3, 0.4) is 0 Å². The number of rotatable bonds is 8. The minimum Gasteiger partial charge on any atom is -0.489 e. The molecule has 0 spiro atoms. The Hall–Kier alpha value is -2.32. The predicted molar refractivity (Wildman–Crippen MR) is 130 cm³/mol. The molecule has 2 aliphatic rings. The van der Waals surface area contributed by atoms with Crippen LogP contribution in [0.25, 0.3) is 0 Å². The Balaban J connectivity index is 1.20. The molecule has 0 radical (unpaired) electrons. The number of halogens is 1. The van der Waals surface area contributed by atoms with Crippen molar-refractivity contribution in [2.75, 3.05) is 52.6 Å². The van der Waals surface area contributed by atoms with E-state index in [4.69, 9.17) is 25.8 Å². The van der Waals surface area contributed by atoms with Gasteiger partial charge in [0.2, 0.25) is 0 Å². The number of piperidine rings is 1. The van der Waals surface area contributed by atoms with Gasteiger partial charge in [0, 0.05) is 32.7 Å². The highest BCUT2D eigenvalue weighted by Gasteiger charge is 2.33. The van der Waals surface area contributed by atoms with Crippen LogP contribution in [0.2, 0.25) is 5.02 Å². The zero-order chi connectivity index (χ0) is 24.0. The molecule has 0 aliphatic carbocycles. The monoisotopic (exact) mass is 488 g/mol. The van der Waals surface area contributed by atoms with Gasteiger partial charge in [-0.3, -0.25) is 9.69 Å². The first-order valence-corrected chi connectivity index (χ1v) is 12.2. The third-order valence-corrected chi connectivity index (χ3v) is 6.74. The maximum absolute atomic E-state index is 12.2. The first-order chi connectivity index (χ1) is 16.4. The molecule has 2 aromatic carbocycles. The lowest BCUT2D eigenvalue weighted by atomic mass is 9.92. The van der Waals surface area contributed by atoms with Gasteiger partial charge in [0.05, 0.1) is 18.2 Å². The van der Waals surface area contributed by atoms with E-state index in [9.17, 15) is 9.90 Å². The lowest BCUT2D eigenvalue weighted by molar-refractivity contribution is -0.137. The van der Waals surface area contributed by atoms with E-state index in [1.807, 2.05) is 49.4 Å². The van der Waals surface area contributed by atoms with Crippen molar-refractivity contribution in [3.63, 3.8) is 0 Å². The Morgan fingerprint density at radius 3 is 2.47 bits per heavy atom. The predicted octanol–water partition coefficient (Wildman–Crippen LogP) is 3.29. The van der Waals surface area contributed by atoms with Crippen LogP contribution >= 0.6 is 11.6 Å². The van der Waals surface area contributed by atoms with E-state index in [1.165, 1.54) is 5.56 Å². The quantitative estimate of drug-likeness (QED) is 0.615. The number of carbonyl (C=O) groups excluding carboxylic acids is 1. The zero-order valence-electron chi connectivity index (χ0n) is 19.7. The average Bonchev–Trinajstić information content (AvgIpc) is 2.86. The van der Waals surface area contributed by atoms with Gasteiger partial charge in [-0.1, -0.05) is 29.8 Å².